The molecule has 3 heteroatoms. The van der Waals surface area contributed by atoms with Crippen molar-refractivity contribution in [2.45, 2.75) is 52.0 Å². The molecule has 2 aromatic rings. The lowest BCUT2D eigenvalue weighted by Crippen LogP contribution is -2.40. The highest BCUT2D eigenvalue weighted by Crippen LogP contribution is 2.29. The molecule has 1 aromatic heterocycles. The zero-order chi connectivity index (χ0) is 15.5. The van der Waals surface area contributed by atoms with E-state index < -0.39 is 0 Å². The first kappa shape index (κ1) is 15.3. The van der Waals surface area contributed by atoms with Crippen LogP contribution in [-0.4, -0.2) is 35.3 Å². The summed E-state index contributed by atoms with van der Waals surface area (Å²) < 4.78 is 0. The van der Waals surface area contributed by atoms with E-state index >= 15 is 0 Å². The number of rotatable bonds is 6. The summed E-state index contributed by atoms with van der Waals surface area (Å²) in [7, 11) is 0. The molecule has 22 heavy (non-hydrogen) atoms. The van der Waals surface area contributed by atoms with Gasteiger partial charge in [-0.25, -0.2) is 0 Å². The molecule has 0 aliphatic heterocycles. The molecule has 0 radical (unpaired) electrons. The number of aromatic nitrogens is 1. The van der Waals surface area contributed by atoms with Gasteiger partial charge in [-0.15, -0.1) is 0 Å². The summed E-state index contributed by atoms with van der Waals surface area (Å²) in [6.45, 7) is 6.91. The number of nitrogens with zero attached hydrogens (tertiary/aromatic N) is 1. The van der Waals surface area contributed by atoms with E-state index in [0.717, 1.165) is 35.6 Å². The topological polar surface area (TPSA) is 36.1 Å². The number of aldehydes is 1. The SMILES string of the molecule is CCCN(CCC)C1CCc2cc3[nH]cc(C=O)c3cc2C1. The predicted molar refractivity (Wildman–Crippen MR) is 91.7 cm³/mol. The standard InChI is InChI=1S/C19H26N2O/c1-3-7-21(8-4-2)17-6-5-14-11-19-18(10-15(14)9-17)16(13-22)12-20-19/h10-13,17,20H,3-9H2,1-2H3. The summed E-state index contributed by atoms with van der Waals surface area (Å²) in [6.07, 6.45) is 8.72. The maximum absolute atomic E-state index is 11.2. The Kier molecular flexibility index (Phi) is 4.63. The Bertz CT molecular complexity index is 653. The van der Waals surface area contributed by atoms with Crippen LogP contribution in [0.4, 0.5) is 0 Å². The molecule has 118 valence electrons. The Hall–Kier alpha value is -1.61. The first-order valence-electron chi connectivity index (χ1n) is 8.58. The molecule has 3 rings (SSSR count). The Balaban J connectivity index is 1.89. The summed E-state index contributed by atoms with van der Waals surface area (Å²) >= 11 is 0. The van der Waals surface area contributed by atoms with Gasteiger partial charge in [0, 0.05) is 28.7 Å². The quantitative estimate of drug-likeness (QED) is 0.819. The van der Waals surface area contributed by atoms with Crippen LogP contribution in [-0.2, 0) is 12.8 Å². The average Bonchev–Trinajstić information content (AvgIpc) is 2.94. The molecule has 0 fully saturated rings. The first-order chi connectivity index (χ1) is 10.8. The van der Waals surface area contributed by atoms with Gasteiger partial charge in [0.2, 0.25) is 0 Å². The largest absolute Gasteiger partial charge is 0.360 e. The third kappa shape index (κ3) is 2.82. The van der Waals surface area contributed by atoms with Crippen molar-refractivity contribution in [1.29, 1.82) is 0 Å². The molecule has 1 aliphatic rings. The van der Waals surface area contributed by atoms with Gasteiger partial charge in [-0.2, -0.15) is 0 Å². The molecule has 1 heterocycles. The lowest BCUT2D eigenvalue weighted by molar-refractivity contribution is 0.112. The lowest BCUT2D eigenvalue weighted by atomic mass is 9.86. The summed E-state index contributed by atoms with van der Waals surface area (Å²) in [5.74, 6) is 0. The minimum atomic E-state index is 0.656. The Morgan fingerprint density at radius 1 is 1.23 bits per heavy atom. The second-order valence-corrected chi connectivity index (χ2v) is 6.46. The van der Waals surface area contributed by atoms with Crippen molar-refractivity contribution in [3.63, 3.8) is 0 Å². The van der Waals surface area contributed by atoms with Crippen LogP contribution in [0.25, 0.3) is 10.9 Å². The van der Waals surface area contributed by atoms with E-state index in [0.29, 0.717) is 6.04 Å². The average molecular weight is 298 g/mol. The van der Waals surface area contributed by atoms with Crippen LogP contribution >= 0.6 is 0 Å². The molecule has 0 spiro atoms. The number of carbonyl (C=O) groups is 1. The zero-order valence-electron chi connectivity index (χ0n) is 13.7. The van der Waals surface area contributed by atoms with Crippen molar-refractivity contribution in [2.75, 3.05) is 13.1 Å². The van der Waals surface area contributed by atoms with Crippen molar-refractivity contribution in [3.05, 3.63) is 35.0 Å². The molecule has 0 bridgehead atoms. The molecule has 0 amide bonds. The van der Waals surface area contributed by atoms with Gasteiger partial charge in [0.25, 0.3) is 0 Å². The van der Waals surface area contributed by atoms with Gasteiger partial charge in [-0.1, -0.05) is 13.8 Å². The van der Waals surface area contributed by atoms with Crippen LogP contribution in [0, 0.1) is 0 Å². The fourth-order valence-electron chi connectivity index (χ4n) is 3.84. The van der Waals surface area contributed by atoms with Gasteiger partial charge in [0.05, 0.1) is 0 Å². The molecule has 1 atom stereocenters. The monoisotopic (exact) mass is 298 g/mol. The highest BCUT2D eigenvalue weighted by atomic mass is 16.1. The fraction of sp³-hybridized carbons (Fsp3) is 0.526. The van der Waals surface area contributed by atoms with Gasteiger partial charge in [-0.3, -0.25) is 4.79 Å². The van der Waals surface area contributed by atoms with E-state index in [1.54, 1.807) is 0 Å². The number of nitrogens with one attached hydrogen (secondary N) is 1. The second kappa shape index (κ2) is 6.66. The van der Waals surface area contributed by atoms with E-state index in [1.165, 1.54) is 43.5 Å². The van der Waals surface area contributed by atoms with Crippen LogP contribution in [0.5, 0.6) is 0 Å². The zero-order valence-corrected chi connectivity index (χ0v) is 13.7. The van der Waals surface area contributed by atoms with Gasteiger partial charge in [0.15, 0.2) is 6.29 Å². The van der Waals surface area contributed by atoms with Crippen molar-refractivity contribution < 1.29 is 4.79 Å². The molecule has 1 unspecified atom stereocenters. The van der Waals surface area contributed by atoms with Crippen LogP contribution in [0.1, 0.15) is 54.6 Å². The number of fused-ring (bicyclic) bond motifs is 2. The summed E-state index contributed by atoms with van der Waals surface area (Å²) in [5, 5.41) is 1.08. The number of carbonyl (C=O) groups excluding carboxylic acids is 1. The number of aryl methyl sites for hydroxylation is 1. The molecule has 3 nitrogen and oxygen atoms in total. The van der Waals surface area contributed by atoms with Gasteiger partial charge < -0.3 is 9.88 Å². The highest BCUT2D eigenvalue weighted by molar-refractivity contribution is 5.97. The first-order valence-corrected chi connectivity index (χ1v) is 8.58. The van der Waals surface area contributed by atoms with Gasteiger partial charge in [0.1, 0.15) is 0 Å². The molecule has 1 aromatic carbocycles. The summed E-state index contributed by atoms with van der Waals surface area (Å²) in [5.41, 5.74) is 4.76. The minimum absolute atomic E-state index is 0.656. The Morgan fingerprint density at radius 2 is 2.00 bits per heavy atom. The Labute approximate surface area is 132 Å². The summed E-state index contributed by atoms with van der Waals surface area (Å²) in [6, 6.07) is 5.15. The second-order valence-electron chi connectivity index (χ2n) is 6.46. The predicted octanol–water partition coefficient (Wildman–Crippen LogP) is 3.96. The van der Waals surface area contributed by atoms with Gasteiger partial charge >= 0.3 is 0 Å². The summed E-state index contributed by atoms with van der Waals surface area (Å²) in [4.78, 5) is 17.0. The number of hydrogen-bond acceptors (Lipinski definition) is 2. The van der Waals surface area contributed by atoms with Crippen molar-refractivity contribution in [2.24, 2.45) is 0 Å². The molecular formula is C19H26N2O. The third-order valence-electron chi connectivity index (χ3n) is 4.90. The van der Waals surface area contributed by atoms with Crippen molar-refractivity contribution in [3.8, 4) is 0 Å². The molecular weight excluding hydrogens is 272 g/mol. The third-order valence-corrected chi connectivity index (χ3v) is 4.90. The number of hydrogen-bond donors (Lipinski definition) is 1. The van der Waals surface area contributed by atoms with Crippen molar-refractivity contribution in [1.82, 2.24) is 9.88 Å². The number of H-pyrrole nitrogens is 1. The minimum Gasteiger partial charge on any atom is -0.360 e. The Morgan fingerprint density at radius 3 is 2.68 bits per heavy atom. The van der Waals surface area contributed by atoms with Crippen LogP contribution in [0.15, 0.2) is 18.3 Å². The smallest absolute Gasteiger partial charge is 0.152 e. The van der Waals surface area contributed by atoms with Crippen molar-refractivity contribution >= 4 is 17.2 Å². The maximum Gasteiger partial charge on any atom is 0.152 e. The van der Waals surface area contributed by atoms with E-state index in [9.17, 15) is 4.79 Å². The molecule has 1 N–H and O–H groups in total. The van der Waals surface area contributed by atoms with Crippen LogP contribution < -0.4 is 0 Å². The number of benzene rings is 1. The fourth-order valence-corrected chi connectivity index (χ4v) is 3.84. The van der Waals surface area contributed by atoms with Gasteiger partial charge in [-0.05, 0) is 68.5 Å². The normalized spacial score (nSPS) is 17.9. The highest BCUT2D eigenvalue weighted by Gasteiger charge is 2.24. The lowest BCUT2D eigenvalue weighted by Gasteiger charge is -2.35. The van der Waals surface area contributed by atoms with E-state index in [-0.39, 0.29) is 0 Å². The van der Waals surface area contributed by atoms with E-state index in [4.69, 9.17) is 0 Å². The maximum atomic E-state index is 11.2. The number of aromatic amines is 1. The van der Waals surface area contributed by atoms with E-state index in [2.05, 4.69) is 35.9 Å². The molecule has 0 saturated carbocycles. The van der Waals surface area contributed by atoms with Crippen LogP contribution in [0.2, 0.25) is 0 Å². The molecule has 0 saturated heterocycles. The van der Waals surface area contributed by atoms with E-state index in [1.807, 2.05) is 6.20 Å². The molecule has 1 aliphatic carbocycles. The van der Waals surface area contributed by atoms with Crippen LogP contribution in [0.3, 0.4) is 0 Å².